The standard InChI is InChI=1S/C24H26N4O2S/c1-15-3-6-18(7-4-15)23-27-20(14-31-23)11-12-25-24(30)28-21-13-19(10-5-16(21)2)26-22(29)17-8-9-17/h3-7,10,13-14,17H,8-9,11-12H2,1-2H3,(H,26,29)(H2,25,28,30). The summed E-state index contributed by atoms with van der Waals surface area (Å²) in [6, 6.07) is 13.6. The highest BCUT2D eigenvalue weighted by Gasteiger charge is 2.29. The van der Waals surface area contributed by atoms with E-state index in [1.807, 2.05) is 24.4 Å². The normalized spacial score (nSPS) is 13.0. The van der Waals surface area contributed by atoms with Gasteiger partial charge in [0.05, 0.1) is 5.69 Å². The first-order chi connectivity index (χ1) is 15.0. The third kappa shape index (κ3) is 5.70. The van der Waals surface area contributed by atoms with Crippen molar-refractivity contribution < 1.29 is 9.59 Å². The molecule has 160 valence electrons. The highest BCUT2D eigenvalue weighted by molar-refractivity contribution is 7.13. The topological polar surface area (TPSA) is 83.1 Å². The van der Waals surface area contributed by atoms with Crippen LogP contribution in [-0.2, 0) is 11.2 Å². The highest BCUT2D eigenvalue weighted by atomic mass is 32.1. The second-order valence-corrected chi connectivity index (χ2v) is 8.79. The Morgan fingerprint density at radius 2 is 1.84 bits per heavy atom. The summed E-state index contributed by atoms with van der Waals surface area (Å²) < 4.78 is 0. The summed E-state index contributed by atoms with van der Waals surface area (Å²) in [7, 11) is 0. The van der Waals surface area contributed by atoms with E-state index in [1.165, 1.54) is 5.56 Å². The molecule has 0 radical (unpaired) electrons. The van der Waals surface area contributed by atoms with E-state index >= 15 is 0 Å². The van der Waals surface area contributed by atoms with Gasteiger partial charge in [-0.25, -0.2) is 9.78 Å². The molecule has 1 aliphatic carbocycles. The number of urea groups is 1. The largest absolute Gasteiger partial charge is 0.337 e. The van der Waals surface area contributed by atoms with Crippen LogP contribution in [0.2, 0.25) is 0 Å². The molecule has 1 fully saturated rings. The van der Waals surface area contributed by atoms with E-state index in [2.05, 4.69) is 52.1 Å². The van der Waals surface area contributed by atoms with Gasteiger partial charge in [-0.3, -0.25) is 4.79 Å². The molecule has 31 heavy (non-hydrogen) atoms. The summed E-state index contributed by atoms with van der Waals surface area (Å²) >= 11 is 1.61. The number of aryl methyl sites for hydroxylation is 2. The van der Waals surface area contributed by atoms with Gasteiger partial charge in [-0.05, 0) is 44.4 Å². The van der Waals surface area contributed by atoms with Gasteiger partial charge in [0.25, 0.3) is 0 Å². The fourth-order valence-electron chi connectivity index (χ4n) is 3.15. The zero-order chi connectivity index (χ0) is 21.8. The molecule has 1 heterocycles. The lowest BCUT2D eigenvalue weighted by atomic mass is 10.1. The SMILES string of the molecule is Cc1ccc(-c2nc(CCNC(=O)Nc3cc(NC(=O)C4CC4)ccc3C)cs2)cc1. The lowest BCUT2D eigenvalue weighted by molar-refractivity contribution is -0.117. The van der Waals surface area contributed by atoms with Gasteiger partial charge in [-0.15, -0.1) is 11.3 Å². The number of anilines is 2. The molecule has 0 spiro atoms. The van der Waals surface area contributed by atoms with E-state index < -0.39 is 0 Å². The molecule has 6 nitrogen and oxygen atoms in total. The van der Waals surface area contributed by atoms with Crippen LogP contribution in [0.25, 0.3) is 10.6 Å². The zero-order valence-electron chi connectivity index (χ0n) is 17.7. The molecule has 0 aliphatic heterocycles. The number of hydrogen-bond acceptors (Lipinski definition) is 4. The zero-order valence-corrected chi connectivity index (χ0v) is 18.5. The molecule has 0 atom stereocenters. The van der Waals surface area contributed by atoms with Crippen molar-refractivity contribution in [2.75, 3.05) is 17.2 Å². The van der Waals surface area contributed by atoms with Crippen LogP contribution in [0.1, 0.15) is 29.7 Å². The molecule has 3 N–H and O–H groups in total. The number of hydrogen-bond donors (Lipinski definition) is 3. The third-order valence-corrected chi connectivity index (χ3v) is 6.16. The van der Waals surface area contributed by atoms with Gasteiger partial charge in [0.1, 0.15) is 5.01 Å². The first-order valence-corrected chi connectivity index (χ1v) is 11.3. The number of carbonyl (C=O) groups excluding carboxylic acids is 2. The van der Waals surface area contributed by atoms with E-state index in [-0.39, 0.29) is 17.9 Å². The van der Waals surface area contributed by atoms with Crippen molar-refractivity contribution in [1.29, 1.82) is 0 Å². The van der Waals surface area contributed by atoms with Crippen LogP contribution in [-0.4, -0.2) is 23.5 Å². The Hall–Kier alpha value is -3.19. The maximum Gasteiger partial charge on any atom is 0.319 e. The highest BCUT2D eigenvalue weighted by Crippen LogP contribution is 2.31. The number of nitrogens with one attached hydrogen (secondary N) is 3. The number of benzene rings is 2. The predicted molar refractivity (Wildman–Crippen MR) is 126 cm³/mol. The summed E-state index contributed by atoms with van der Waals surface area (Å²) in [5.74, 6) is 0.186. The molecule has 7 heteroatoms. The molecule has 3 aromatic rings. The Morgan fingerprint density at radius 3 is 2.58 bits per heavy atom. The molecular formula is C24H26N4O2S. The Labute approximate surface area is 186 Å². The lowest BCUT2D eigenvalue weighted by Crippen LogP contribution is -2.30. The van der Waals surface area contributed by atoms with Crippen LogP contribution >= 0.6 is 11.3 Å². The lowest BCUT2D eigenvalue weighted by Gasteiger charge is -2.12. The van der Waals surface area contributed by atoms with Gasteiger partial charge in [0.2, 0.25) is 5.91 Å². The molecule has 2 aromatic carbocycles. The van der Waals surface area contributed by atoms with Crippen LogP contribution in [0.3, 0.4) is 0 Å². The minimum absolute atomic E-state index is 0.0486. The minimum Gasteiger partial charge on any atom is -0.337 e. The van der Waals surface area contributed by atoms with Crippen molar-refractivity contribution in [3.8, 4) is 10.6 Å². The summed E-state index contributed by atoms with van der Waals surface area (Å²) in [5.41, 5.74) is 5.60. The maximum atomic E-state index is 12.3. The van der Waals surface area contributed by atoms with Crippen LogP contribution in [0.15, 0.2) is 47.8 Å². The first-order valence-electron chi connectivity index (χ1n) is 10.5. The van der Waals surface area contributed by atoms with E-state index in [0.717, 1.165) is 34.7 Å². The van der Waals surface area contributed by atoms with E-state index in [0.29, 0.717) is 24.3 Å². The molecule has 0 unspecified atom stereocenters. The average molecular weight is 435 g/mol. The van der Waals surface area contributed by atoms with Crippen LogP contribution < -0.4 is 16.0 Å². The van der Waals surface area contributed by atoms with Gasteiger partial charge in [-0.1, -0.05) is 35.9 Å². The minimum atomic E-state index is -0.275. The number of rotatable bonds is 7. The predicted octanol–water partition coefficient (Wildman–Crippen LogP) is 5.14. The van der Waals surface area contributed by atoms with Crippen molar-refractivity contribution in [3.05, 3.63) is 64.7 Å². The number of nitrogens with zero attached hydrogens (tertiary/aromatic N) is 1. The Balaban J connectivity index is 1.27. The van der Waals surface area contributed by atoms with Gasteiger partial charge in [0, 0.05) is 41.2 Å². The maximum absolute atomic E-state index is 12.3. The quantitative estimate of drug-likeness (QED) is 0.481. The molecular weight excluding hydrogens is 408 g/mol. The Morgan fingerprint density at radius 1 is 1.06 bits per heavy atom. The van der Waals surface area contributed by atoms with Crippen molar-refractivity contribution in [2.45, 2.75) is 33.1 Å². The van der Waals surface area contributed by atoms with E-state index in [1.54, 1.807) is 17.4 Å². The fraction of sp³-hybridized carbons (Fsp3) is 0.292. The second kappa shape index (κ2) is 9.31. The summed E-state index contributed by atoms with van der Waals surface area (Å²) in [6.45, 7) is 4.47. The first kappa shape index (κ1) is 21.1. The van der Waals surface area contributed by atoms with Crippen molar-refractivity contribution in [1.82, 2.24) is 10.3 Å². The fourth-order valence-corrected chi connectivity index (χ4v) is 4.01. The van der Waals surface area contributed by atoms with E-state index in [9.17, 15) is 9.59 Å². The molecule has 1 saturated carbocycles. The van der Waals surface area contributed by atoms with E-state index in [4.69, 9.17) is 0 Å². The number of aromatic nitrogens is 1. The molecule has 0 bridgehead atoms. The molecule has 0 saturated heterocycles. The van der Waals surface area contributed by atoms with Crippen LogP contribution in [0.5, 0.6) is 0 Å². The monoisotopic (exact) mass is 434 g/mol. The van der Waals surface area contributed by atoms with Crippen molar-refractivity contribution >= 4 is 34.6 Å². The molecule has 1 aromatic heterocycles. The van der Waals surface area contributed by atoms with Crippen LogP contribution in [0.4, 0.5) is 16.2 Å². The average Bonchev–Trinajstić information content (AvgIpc) is 3.50. The number of thiazole rings is 1. The number of carbonyl (C=O) groups is 2. The van der Waals surface area contributed by atoms with Gasteiger partial charge >= 0.3 is 6.03 Å². The molecule has 3 amide bonds. The van der Waals surface area contributed by atoms with Gasteiger partial charge in [0.15, 0.2) is 0 Å². The van der Waals surface area contributed by atoms with Crippen LogP contribution in [0, 0.1) is 19.8 Å². The summed E-state index contributed by atoms with van der Waals surface area (Å²) in [4.78, 5) is 29.0. The van der Waals surface area contributed by atoms with Gasteiger partial charge in [-0.2, -0.15) is 0 Å². The Kier molecular flexibility index (Phi) is 6.32. The van der Waals surface area contributed by atoms with Gasteiger partial charge < -0.3 is 16.0 Å². The molecule has 1 aliphatic rings. The van der Waals surface area contributed by atoms with Crippen molar-refractivity contribution in [2.24, 2.45) is 5.92 Å². The molecule has 4 rings (SSSR count). The Bertz CT molecular complexity index is 1090. The summed E-state index contributed by atoms with van der Waals surface area (Å²) in [6.07, 6.45) is 2.57. The summed E-state index contributed by atoms with van der Waals surface area (Å²) in [5, 5.41) is 11.7. The number of amides is 3. The smallest absolute Gasteiger partial charge is 0.319 e. The van der Waals surface area contributed by atoms with Crippen molar-refractivity contribution in [3.63, 3.8) is 0 Å². The third-order valence-electron chi connectivity index (χ3n) is 5.22. The second-order valence-electron chi connectivity index (χ2n) is 7.93.